The van der Waals surface area contributed by atoms with Gasteiger partial charge in [-0.3, -0.25) is 0 Å². The number of nitriles is 1. The molecule has 1 aromatic heterocycles. The number of carbonyl (C=O) groups is 1. The standard InChI is InChI=1S/C12H10N2O3/c1-2-17-12(15)11-9(7-13)8-5-3-4-6-10(8)14(11)16/h3-6,16H,2H2,1H3. The van der Waals surface area contributed by atoms with Crippen molar-refractivity contribution in [3.63, 3.8) is 0 Å². The van der Waals surface area contributed by atoms with Crippen LogP contribution in [0.1, 0.15) is 23.0 Å². The predicted octanol–water partition coefficient (Wildman–Crippen LogP) is 1.93. The van der Waals surface area contributed by atoms with Crippen molar-refractivity contribution in [1.82, 2.24) is 4.73 Å². The van der Waals surface area contributed by atoms with Crippen LogP contribution < -0.4 is 0 Å². The number of esters is 1. The molecule has 1 heterocycles. The van der Waals surface area contributed by atoms with Crippen molar-refractivity contribution in [2.75, 3.05) is 6.61 Å². The number of carbonyl (C=O) groups excluding carboxylic acids is 1. The third kappa shape index (κ3) is 1.60. The molecule has 0 aliphatic rings. The summed E-state index contributed by atoms with van der Waals surface area (Å²) in [4.78, 5) is 11.7. The SMILES string of the molecule is CCOC(=O)c1c(C#N)c2ccccc2n1O. The molecule has 0 saturated carbocycles. The molecule has 0 atom stereocenters. The smallest absolute Gasteiger partial charge is 0.359 e. The monoisotopic (exact) mass is 230 g/mol. The Morgan fingerprint density at radius 1 is 1.53 bits per heavy atom. The lowest BCUT2D eigenvalue weighted by atomic mass is 10.1. The summed E-state index contributed by atoms with van der Waals surface area (Å²) < 4.78 is 5.51. The molecule has 2 aromatic rings. The first kappa shape index (κ1) is 11.0. The van der Waals surface area contributed by atoms with E-state index in [4.69, 9.17) is 10.00 Å². The molecule has 17 heavy (non-hydrogen) atoms. The van der Waals surface area contributed by atoms with Gasteiger partial charge in [-0.2, -0.15) is 9.99 Å². The molecule has 2 rings (SSSR count). The molecule has 0 fully saturated rings. The summed E-state index contributed by atoms with van der Waals surface area (Å²) in [6.45, 7) is 1.85. The Morgan fingerprint density at radius 2 is 2.24 bits per heavy atom. The first-order chi connectivity index (χ1) is 8.20. The molecule has 0 unspecified atom stereocenters. The van der Waals surface area contributed by atoms with Crippen LogP contribution in [0.15, 0.2) is 24.3 Å². The molecule has 0 aliphatic heterocycles. The fourth-order valence-corrected chi connectivity index (χ4v) is 1.72. The molecule has 1 aromatic carbocycles. The van der Waals surface area contributed by atoms with E-state index >= 15 is 0 Å². The van der Waals surface area contributed by atoms with E-state index in [1.54, 1.807) is 31.2 Å². The van der Waals surface area contributed by atoms with Crippen LogP contribution in [-0.2, 0) is 4.74 Å². The van der Waals surface area contributed by atoms with E-state index in [9.17, 15) is 10.0 Å². The zero-order valence-corrected chi connectivity index (χ0v) is 9.17. The molecule has 5 heteroatoms. The average Bonchev–Trinajstić information content (AvgIpc) is 2.63. The predicted molar refractivity (Wildman–Crippen MR) is 59.8 cm³/mol. The molecular weight excluding hydrogens is 220 g/mol. The van der Waals surface area contributed by atoms with E-state index in [0.717, 1.165) is 0 Å². The van der Waals surface area contributed by atoms with Gasteiger partial charge in [0.05, 0.1) is 17.7 Å². The molecule has 0 radical (unpaired) electrons. The van der Waals surface area contributed by atoms with Gasteiger partial charge >= 0.3 is 5.97 Å². The van der Waals surface area contributed by atoms with Crippen LogP contribution in [0.4, 0.5) is 0 Å². The van der Waals surface area contributed by atoms with Gasteiger partial charge in [-0.25, -0.2) is 4.79 Å². The lowest BCUT2D eigenvalue weighted by Crippen LogP contribution is -2.11. The molecule has 5 nitrogen and oxygen atoms in total. The van der Waals surface area contributed by atoms with Gasteiger partial charge in [0.1, 0.15) is 6.07 Å². The normalized spacial score (nSPS) is 10.1. The summed E-state index contributed by atoms with van der Waals surface area (Å²) in [5.41, 5.74) is 0.407. The second-order valence-electron chi connectivity index (χ2n) is 3.38. The quantitative estimate of drug-likeness (QED) is 0.631. The van der Waals surface area contributed by atoms with Gasteiger partial charge in [0.25, 0.3) is 0 Å². The van der Waals surface area contributed by atoms with Crippen molar-refractivity contribution in [1.29, 1.82) is 5.26 Å². The maximum Gasteiger partial charge on any atom is 0.359 e. The third-order valence-electron chi connectivity index (χ3n) is 2.43. The zero-order chi connectivity index (χ0) is 12.4. The van der Waals surface area contributed by atoms with E-state index in [1.807, 2.05) is 6.07 Å². The first-order valence-corrected chi connectivity index (χ1v) is 5.10. The van der Waals surface area contributed by atoms with Gasteiger partial charge in [-0.05, 0) is 13.0 Å². The molecule has 0 aliphatic carbocycles. The maximum atomic E-state index is 11.7. The molecule has 0 saturated heterocycles. The summed E-state index contributed by atoms with van der Waals surface area (Å²) in [7, 11) is 0. The van der Waals surface area contributed by atoms with Crippen LogP contribution >= 0.6 is 0 Å². The van der Waals surface area contributed by atoms with Crippen molar-refractivity contribution in [3.8, 4) is 6.07 Å². The number of rotatable bonds is 2. The number of aromatic nitrogens is 1. The molecular formula is C12H10N2O3. The van der Waals surface area contributed by atoms with Crippen LogP contribution in [0.2, 0.25) is 0 Å². The van der Waals surface area contributed by atoms with Gasteiger partial charge < -0.3 is 9.94 Å². The fourth-order valence-electron chi connectivity index (χ4n) is 1.72. The van der Waals surface area contributed by atoms with Crippen LogP contribution in [0.3, 0.4) is 0 Å². The maximum absolute atomic E-state index is 11.7. The Morgan fingerprint density at radius 3 is 2.88 bits per heavy atom. The number of benzene rings is 1. The summed E-state index contributed by atoms with van der Waals surface area (Å²) in [5.74, 6) is -0.706. The van der Waals surface area contributed by atoms with Crippen LogP contribution in [-0.4, -0.2) is 22.5 Å². The number of nitrogens with zero attached hydrogens (tertiary/aromatic N) is 2. The molecule has 86 valence electrons. The van der Waals surface area contributed by atoms with E-state index < -0.39 is 5.97 Å². The number of fused-ring (bicyclic) bond motifs is 1. The van der Waals surface area contributed by atoms with Crippen molar-refractivity contribution < 1.29 is 14.7 Å². The number of para-hydroxylation sites is 1. The van der Waals surface area contributed by atoms with Crippen LogP contribution in [0, 0.1) is 11.3 Å². The van der Waals surface area contributed by atoms with E-state index in [2.05, 4.69) is 0 Å². The van der Waals surface area contributed by atoms with Crippen molar-refractivity contribution in [2.45, 2.75) is 6.92 Å². The average molecular weight is 230 g/mol. The second kappa shape index (κ2) is 4.18. The Balaban J connectivity index is 2.75. The second-order valence-corrected chi connectivity index (χ2v) is 3.38. The minimum Gasteiger partial charge on any atom is -0.461 e. The number of ether oxygens (including phenoxy) is 1. The summed E-state index contributed by atoms with van der Waals surface area (Å²) in [6.07, 6.45) is 0. The van der Waals surface area contributed by atoms with Gasteiger partial charge in [-0.1, -0.05) is 18.2 Å². The Bertz CT molecular complexity index is 622. The van der Waals surface area contributed by atoms with Crippen molar-refractivity contribution in [3.05, 3.63) is 35.5 Å². The lowest BCUT2D eigenvalue weighted by Gasteiger charge is -2.02. The first-order valence-electron chi connectivity index (χ1n) is 5.10. The highest BCUT2D eigenvalue weighted by molar-refractivity contribution is 6.00. The van der Waals surface area contributed by atoms with Gasteiger partial charge in [0.15, 0.2) is 5.69 Å². The van der Waals surface area contributed by atoms with Gasteiger partial charge in [0.2, 0.25) is 0 Å². The summed E-state index contributed by atoms with van der Waals surface area (Å²) in [6, 6.07) is 8.66. The summed E-state index contributed by atoms with van der Waals surface area (Å²) in [5, 5.41) is 19.5. The van der Waals surface area contributed by atoms with Crippen molar-refractivity contribution in [2.24, 2.45) is 0 Å². The minimum absolute atomic E-state index is 0.126. The zero-order valence-electron chi connectivity index (χ0n) is 9.17. The minimum atomic E-state index is -0.706. The Hall–Kier alpha value is -2.48. The number of hydrogen-bond donors (Lipinski definition) is 1. The highest BCUT2D eigenvalue weighted by atomic mass is 16.5. The molecule has 0 spiro atoms. The van der Waals surface area contributed by atoms with Crippen LogP contribution in [0.5, 0.6) is 0 Å². The third-order valence-corrected chi connectivity index (χ3v) is 2.43. The highest BCUT2D eigenvalue weighted by Crippen LogP contribution is 2.24. The van der Waals surface area contributed by atoms with Gasteiger partial charge in [-0.15, -0.1) is 0 Å². The molecule has 1 N–H and O–H groups in total. The topological polar surface area (TPSA) is 75.2 Å². The van der Waals surface area contributed by atoms with Crippen LogP contribution in [0.25, 0.3) is 10.9 Å². The van der Waals surface area contributed by atoms with E-state index in [0.29, 0.717) is 15.6 Å². The fraction of sp³-hybridized carbons (Fsp3) is 0.167. The van der Waals surface area contributed by atoms with Crippen molar-refractivity contribution >= 4 is 16.9 Å². The lowest BCUT2D eigenvalue weighted by molar-refractivity contribution is 0.0480. The molecule has 0 bridgehead atoms. The Labute approximate surface area is 97.4 Å². The Kier molecular flexibility index (Phi) is 2.71. The van der Waals surface area contributed by atoms with E-state index in [1.165, 1.54) is 0 Å². The number of hydrogen-bond acceptors (Lipinski definition) is 4. The molecule has 0 amide bonds. The van der Waals surface area contributed by atoms with Gasteiger partial charge in [0, 0.05) is 5.39 Å². The van der Waals surface area contributed by atoms with E-state index in [-0.39, 0.29) is 17.9 Å². The summed E-state index contributed by atoms with van der Waals surface area (Å²) >= 11 is 0. The highest BCUT2D eigenvalue weighted by Gasteiger charge is 2.23. The largest absolute Gasteiger partial charge is 0.461 e.